The lowest BCUT2D eigenvalue weighted by atomic mass is 10.2. The molecule has 0 radical (unpaired) electrons. The van der Waals surface area contributed by atoms with Crippen LogP contribution in [0.5, 0.6) is 5.75 Å². The molecule has 0 aliphatic rings. The summed E-state index contributed by atoms with van der Waals surface area (Å²) in [5, 5.41) is 3.60. The van der Waals surface area contributed by atoms with Crippen molar-refractivity contribution in [2.45, 2.75) is 27.2 Å². The van der Waals surface area contributed by atoms with Gasteiger partial charge in [0.2, 0.25) is 10.0 Å². The number of nitrogens with zero attached hydrogens (tertiary/aromatic N) is 1. The van der Waals surface area contributed by atoms with Crippen molar-refractivity contribution in [2.75, 3.05) is 22.4 Å². The monoisotopic (exact) mass is 459 g/mol. The molecule has 1 heterocycles. The lowest BCUT2D eigenvalue weighted by Gasteiger charge is -2.08. The van der Waals surface area contributed by atoms with Gasteiger partial charge >= 0.3 is 0 Å². The summed E-state index contributed by atoms with van der Waals surface area (Å²) in [5.74, 6) is 0.594. The molecule has 164 valence electrons. The van der Waals surface area contributed by atoms with E-state index in [1.807, 2.05) is 31.2 Å². The van der Waals surface area contributed by atoms with Crippen molar-refractivity contribution in [1.82, 2.24) is 4.98 Å². The lowest BCUT2D eigenvalue weighted by Crippen LogP contribution is -2.16. The summed E-state index contributed by atoms with van der Waals surface area (Å²) in [4.78, 5) is 17.8. The number of hydrogen-bond acceptors (Lipinski definition) is 6. The highest BCUT2D eigenvalue weighted by Gasteiger charge is 2.17. The Hall–Kier alpha value is -2.91. The number of aromatic nitrogens is 1. The minimum atomic E-state index is -3.35. The summed E-state index contributed by atoms with van der Waals surface area (Å²) in [6.45, 7) is 6.14. The molecule has 7 nitrogen and oxygen atoms in total. The van der Waals surface area contributed by atoms with Crippen LogP contribution in [0.25, 0.3) is 10.6 Å². The number of carbonyl (C=O) groups is 1. The molecule has 0 atom stereocenters. The van der Waals surface area contributed by atoms with Crippen LogP contribution >= 0.6 is 11.3 Å². The highest BCUT2D eigenvalue weighted by atomic mass is 32.2. The van der Waals surface area contributed by atoms with E-state index >= 15 is 0 Å². The summed E-state index contributed by atoms with van der Waals surface area (Å²) in [6.07, 6.45) is 0.538. The topological polar surface area (TPSA) is 97.4 Å². The third-order valence-corrected chi connectivity index (χ3v) is 7.00. The van der Waals surface area contributed by atoms with Crippen LogP contribution in [0.1, 0.15) is 35.6 Å². The van der Waals surface area contributed by atoms with Gasteiger partial charge in [0.15, 0.2) is 0 Å². The zero-order chi connectivity index (χ0) is 22.4. The van der Waals surface area contributed by atoms with Crippen molar-refractivity contribution in [3.05, 3.63) is 59.1 Å². The second-order valence-electron chi connectivity index (χ2n) is 6.84. The maximum Gasteiger partial charge on any atom is 0.267 e. The first-order chi connectivity index (χ1) is 14.8. The van der Waals surface area contributed by atoms with Crippen LogP contribution in [0.15, 0.2) is 48.5 Å². The normalized spacial score (nSPS) is 11.2. The van der Waals surface area contributed by atoms with E-state index < -0.39 is 10.0 Å². The smallest absolute Gasteiger partial charge is 0.267 e. The first-order valence-electron chi connectivity index (χ1n) is 9.94. The Kier molecular flexibility index (Phi) is 7.29. The fraction of sp³-hybridized carbons (Fsp3) is 0.273. The summed E-state index contributed by atoms with van der Waals surface area (Å²) >= 11 is 1.32. The van der Waals surface area contributed by atoms with E-state index in [9.17, 15) is 13.2 Å². The Labute approximate surface area is 186 Å². The van der Waals surface area contributed by atoms with E-state index in [0.29, 0.717) is 35.0 Å². The molecule has 1 aromatic heterocycles. The molecule has 2 aromatic carbocycles. The predicted molar refractivity (Wildman–Crippen MR) is 126 cm³/mol. The van der Waals surface area contributed by atoms with E-state index in [2.05, 4.69) is 15.0 Å². The summed E-state index contributed by atoms with van der Waals surface area (Å²) in [5.41, 5.74) is 2.59. The van der Waals surface area contributed by atoms with Gasteiger partial charge in [-0.15, -0.1) is 11.3 Å². The number of aryl methyl sites for hydroxylation is 1. The Morgan fingerprint density at radius 3 is 2.29 bits per heavy atom. The molecule has 0 spiro atoms. The largest absolute Gasteiger partial charge is 0.494 e. The molecule has 0 aliphatic heterocycles. The molecule has 0 unspecified atom stereocenters. The molecule has 3 aromatic rings. The highest BCUT2D eigenvalue weighted by molar-refractivity contribution is 7.92. The molecule has 0 saturated carbocycles. The number of anilines is 2. The first-order valence-corrected chi connectivity index (χ1v) is 12.4. The van der Waals surface area contributed by atoms with Crippen LogP contribution in [0.2, 0.25) is 0 Å². The summed E-state index contributed by atoms with van der Waals surface area (Å²) < 4.78 is 31.7. The van der Waals surface area contributed by atoms with Crippen molar-refractivity contribution in [3.63, 3.8) is 0 Å². The van der Waals surface area contributed by atoms with Gasteiger partial charge in [-0.1, -0.05) is 6.92 Å². The molecule has 2 N–H and O–H groups in total. The lowest BCUT2D eigenvalue weighted by molar-refractivity contribution is 0.103. The van der Waals surface area contributed by atoms with Gasteiger partial charge in [0, 0.05) is 16.9 Å². The van der Waals surface area contributed by atoms with Crippen molar-refractivity contribution in [3.8, 4) is 16.3 Å². The van der Waals surface area contributed by atoms with Crippen LogP contribution in [-0.4, -0.2) is 31.7 Å². The van der Waals surface area contributed by atoms with Crippen molar-refractivity contribution in [1.29, 1.82) is 0 Å². The Balaban J connectivity index is 1.69. The maximum absolute atomic E-state index is 12.7. The van der Waals surface area contributed by atoms with E-state index in [1.54, 1.807) is 38.1 Å². The van der Waals surface area contributed by atoms with Crippen molar-refractivity contribution >= 4 is 38.6 Å². The highest BCUT2D eigenvalue weighted by Crippen LogP contribution is 2.30. The average molecular weight is 460 g/mol. The van der Waals surface area contributed by atoms with Crippen LogP contribution < -0.4 is 14.8 Å². The van der Waals surface area contributed by atoms with Gasteiger partial charge in [-0.05, 0) is 68.8 Å². The third-order valence-electron chi connectivity index (χ3n) is 4.30. The summed E-state index contributed by atoms with van der Waals surface area (Å²) in [7, 11) is -3.35. The molecule has 1 amide bonds. The number of benzene rings is 2. The number of hydrogen-bond donors (Lipinski definition) is 2. The first kappa shape index (κ1) is 22.8. The van der Waals surface area contributed by atoms with Gasteiger partial charge < -0.3 is 10.1 Å². The van der Waals surface area contributed by atoms with Crippen LogP contribution in [-0.2, 0) is 10.0 Å². The van der Waals surface area contributed by atoms with Gasteiger partial charge in [-0.25, -0.2) is 13.4 Å². The number of sulfonamides is 1. The zero-order valence-corrected chi connectivity index (χ0v) is 19.3. The van der Waals surface area contributed by atoms with Gasteiger partial charge in [0.05, 0.1) is 18.1 Å². The number of carbonyl (C=O) groups excluding carboxylic acids is 1. The average Bonchev–Trinajstić information content (AvgIpc) is 3.12. The van der Waals surface area contributed by atoms with Crippen LogP contribution in [0.4, 0.5) is 11.4 Å². The number of thiazole rings is 1. The molecule has 0 aliphatic carbocycles. The molecule has 0 bridgehead atoms. The van der Waals surface area contributed by atoms with Gasteiger partial charge in [0.25, 0.3) is 5.91 Å². The standard InChI is InChI=1S/C22H25N3O4S2/c1-4-14-31(27,28)25-18-10-8-17(9-11-18)24-21(26)20-15(3)23-22(30-20)16-6-12-19(13-7-16)29-5-2/h6-13,25H,4-5,14H2,1-3H3,(H,24,26). The molecule has 9 heteroatoms. The number of nitrogens with one attached hydrogen (secondary N) is 2. The van der Waals surface area contributed by atoms with Gasteiger partial charge in [-0.3, -0.25) is 9.52 Å². The molecule has 0 fully saturated rings. The second kappa shape index (κ2) is 9.93. The fourth-order valence-electron chi connectivity index (χ4n) is 2.90. The third kappa shape index (κ3) is 6.05. The van der Waals surface area contributed by atoms with E-state index in [0.717, 1.165) is 16.3 Å². The molecular weight excluding hydrogens is 434 g/mol. The predicted octanol–water partition coefficient (Wildman–Crippen LogP) is 4.92. The van der Waals surface area contributed by atoms with E-state index in [-0.39, 0.29) is 11.7 Å². The Morgan fingerprint density at radius 2 is 1.68 bits per heavy atom. The molecular formula is C22H25N3O4S2. The number of ether oxygens (including phenoxy) is 1. The van der Waals surface area contributed by atoms with Gasteiger partial charge in [-0.2, -0.15) is 0 Å². The number of amides is 1. The fourth-order valence-corrected chi connectivity index (χ4v) is 5.00. The minimum absolute atomic E-state index is 0.0623. The van der Waals surface area contributed by atoms with Crippen molar-refractivity contribution < 1.29 is 17.9 Å². The maximum atomic E-state index is 12.7. The summed E-state index contributed by atoms with van der Waals surface area (Å²) in [6, 6.07) is 14.2. The molecule has 31 heavy (non-hydrogen) atoms. The number of rotatable bonds is 9. The van der Waals surface area contributed by atoms with E-state index in [4.69, 9.17) is 4.74 Å². The van der Waals surface area contributed by atoms with Gasteiger partial charge in [0.1, 0.15) is 15.6 Å². The Bertz CT molecular complexity index is 1140. The van der Waals surface area contributed by atoms with Crippen LogP contribution in [0.3, 0.4) is 0 Å². The molecule has 0 saturated heterocycles. The van der Waals surface area contributed by atoms with Crippen molar-refractivity contribution in [2.24, 2.45) is 0 Å². The SMILES string of the molecule is CCCS(=O)(=O)Nc1ccc(NC(=O)c2sc(-c3ccc(OCC)cc3)nc2C)cc1. The quantitative estimate of drug-likeness (QED) is 0.473. The van der Waals surface area contributed by atoms with Crippen LogP contribution in [0, 0.1) is 6.92 Å². The van der Waals surface area contributed by atoms with E-state index in [1.165, 1.54) is 11.3 Å². The molecule has 3 rings (SSSR count). The zero-order valence-electron chi connectivity index (χ0n) is 17.6. The second-order valence-corrected chi connectivity index (χ2v) is 9.68. The minimum Gasteiger partial charge on any atom is -0.494 e. The Morgan fingerprint density at radius 1 is 1.03 bits per heavy atom.